The number of aromatic nitrogens is 1. The van der Waals surface area contributed by atoms with Crippen molar-refractivity contribution in [2.45, 2.75) is 33.6 Å². The number of hydrogen-bond acceptors (Lipinski definition) is 1. The number of nitrogens with zero attached hydrogens (tertiary/aromatic N) is 1. The predicted molar refractivity (Wildman–Crippen MR) is 96.7 cm³/mol. The lowest BCUT2D eigenvalue weighted by molar-refractivity contribution is 0.928. The summed E-state index contributed by atoms with van der Waals surface area (Å²) in [5.41, 5.74) is 12.0. The van der Waals surface area contributed by atoms with Crippen LogP contribution in [0.4, 0.5) is 0 Å². The Kier molecular flexibility index (Phi) is 3.30. The molecule has 23 heavy (non-hydrogen) atoms. The third-order valence-electron chi connectivity index (χ3n) is 4.88. The van der Waals surface area contributed by atoms with Gasteiger partial charge in [0.05, 0.1) is 5.69 Å². The third kappa shape index (κ3) is 2.37. The molecule has 3 aromatic rings. The average Bonchev–Trinajstić information content (AvgIpc) is 2.53. The molecule has 0 spiro atoms. The minimum Gasteiger partial charge on any atom is -0.256 e. The van der Waals surface area contributed by atoms with Crippen LogP contribution >= 0.6 is 0 Å². The number of benzene rings is 2. The summed E-state index contributed by atoms with van der Waals surface area (Å²) in [6.45, 7) is 6.59. The monoisotopic (exact) mass is 299 g/mol. The predicted octanol–water partition coefficient (Wildman–Crippen LogP) is 5.44. The summed E-state index contributed by atoms with van der Waals surface area (Å²) in [7, 11) is 0. The maximum Gasteiger partial charge on any atom is 0.0736 e. The molecule has 0 amide bonds. The van der Waals surface area contributed by atoms with Crippen LogP contribution in [0.1, 0.15) is 27.8 Å². The van der Waals surface area contributed by atoms with E-state index in [0.29, 0.717) is 0 Å². The van der Waals surface area contributed by atoms with Crippen LogP contribution in [0.2, 0.25) is 0 Å². The molecule has 1 aromatic heterocycles. The molecule has 1 nitrogen and oxygen atoms in total. The van der Waals surface area contributed by atoms with Crippen molar-refractivity contribution in [3.8, 4) is 22.4 Å². The van der Waals surface area contributed by atoms with E-state index in [2.05, 4.69) is 62.2 Å². The second-order valence-electron chi connectivity index (χ2n) is 6.66. The molecule has 114 valence electrons. The van der Waals surface area contributed by atoms with E-state index in [4.69, 9.17) is 0 Å². The van der Waals surface area contributed by atoms with Crippen LogP contribution in [-0.4, -0.2) is 4.98 Å². The molecule has 4 rings (SSSR count). The zero-order valence-electron chi connectivity index (χ0n) is 14.0. The largest absolute Gasteiger partial charge is 0.256 e. The van der Waals surface area contributed by atoms with Crippen molar-refractivity contribution >= 4 is 0 Å². The first-order valence-electron chi connectivity index (χ1n) is 8.29. The Morgan fingerprint density at radius 2 is 1.57 bits per heavy atom. The van der Waals surface area contributed by atoms with Gasteiger partial charge in [0, 0.05) is 11.8 Å². The standard InChI is InChI=1S/C22H21N/c1-14-11-15(2)21(16(3)12-14)19-8-9-20-18(13-19)7-6-17-5-4-10-23-22(17)20/h4-5,8-13H,6-7H2,1-3H3. The van der Waals surface area contributed by atoms with E-state index >= 15 is 0 Å². The SMILES string of the molecule is Cc1cc(C)c(-c2ccc3c(c2)CCc2cccnc2-3)c(C)c1. The van der Waals surface area contributed by atoms with Crippen molar-refractivity contribution in [1.29, 1.82) is 0 Å². The number of hydrogen-bond donors (Lipinski definition) is 0. The molecule has 0 fully saturated rings. The van der Waals surface area contributed by atoms with Crippen LogP contribution in [0.15, 0.2) is 48.7 Å². The fourth-order valence-corrected chi connectivity index (χ4v) is 3.97. The minimum atomic E-state index is 1.09. The Morgan fingerprint density at radius 3 is 2.35 bits per heavy atom. The fraction of sp³-hybridized carbons (Fsp3) is 0.227. The molecule has 0 aliphatic heterocycles. The molecular weight excluding hydrogens is 278 g/mol. The zero-order valence-corrected chi connectivity index (χ0v) is 14.0. The lowest BCUT2D eigenvalue weighted by Crippen LogP contribution is -2.05. The molecule has 0 saturated carbocycles. The molecule has 1 heteroatoms. The Balaban J connectivity index is 1.87. The van der Waals surface area contributed by atoms with Crippen LogP contribution < -0.4 is 0 Å². The molecular formula is C22H21N. The van der Waals surface area contributed by atoms with Crippen molar-refractivity contribution in [2.24, 2.45) is 0 Å². The molecule has 1 aliphatic rings. The summed E-state index contributed by atoms with van der Waals surface area (Å²) >= 11 is 0. The molecule has 0 saturated heterocycles. The van der Waals surface area contributed by atoms with E-state index < -0.39 is 0 Å². The Morgan fingerprint density at radius 1 is 0.826 bits per heavy atom. The third-order valence-corrected chi connectivity index (χ3v) is 4.88. The maximum atomic E-state index is 4.61. The van der Waals surface area contributed by atoms with Gasteiger partial charge in [-0.3, -0.25) is 4.98 Å². The van der Waals surface area contributed by atoms with Crippen molar-refractivity contribution in [1.82, 2.24) is 4.98 Å². The van der Waals surface area contributed by atoms with Gasteiger partial charge in [0.2, 0.25) is 0 Å². The van der Waals surface area contributed by atoms with Crippen molar-refractivity contribution < 1.29 is 0 Å². The number of rotatable bonds is 1. The van der Waals surface area contributed by atoms with Crippen molar-refractivity contribution in [3.05, 3.63) is 76.5 Å². The molecule has 0 atom stereocenters. The first kappa shape index (κ1) is 14.2. The van der Waals surface area contributed by atoms with Gasteiger partial charge < -0.3 is 0 Å². The van der Waals surface area contributed by atoms with Gasteiger partial charge in [-0.1, -0.05) is 42.0 Å². The van der Waals surface area contributed by atoms with Crippen LogP contribution in [0, 0.1) is 20.8 Å². The van der Waals surface area contributed by atoms with Crippen LogP contribution in [0.3, 0.4) is 0 Å². The molecule has 1 aliphatic carbocycles. The Labute approximate surface area is 138 Å². The normalized spacial score (nSPS) is 12.7. The fourth-order valence-electron chi connectivity index (χ4n) is 3.97. The van der Waals surface area contributed by atoms with E-state index in [9.17, 15) is 0 Å². The van der Waals surface area contributed by atoms with Crippen molar-refractivity contribution in [2.75, 3.05) is 0 Å². The topological polar surface area (TPSA) is 12.9 Å². The van der Waals surface area contributed by atoms with E-state index in [1.165, 1.54) is 44.5 Å². The first-order chi connectivity index (χ1) is 11.1. The molecule has 0 N–H and O–H groups in total. The number of fused-ring (bicyclic) bond motifs is 3. The van der Waals surface area contributed by atoms with Gasteiger partial charge in [0.15, 0.2) is 0 Å². The molecule has 0 unspecified atom stereocenters. The lowest BCUT2D eigenvalue weighted by atomic mass is 9.85. The highest BCUT2D eigenvalue weighted by molar-refractivity contribution is 5.77. The Hall–Kier alpha value is -2.41. The van der Waals surface area contributed by atoms with E-state index in [0.717, 1.165) is 18.5 Å². The van der Waals surface area contributed by atoms with Crippen molar-refractivity contribution in [3.63, 3.8) is 0 Å². The van der Waals surface area contributed by atoms with Gasteiger partial charge in [-0.05, 0) is 73.1 Å². The maximum absolute atomic E-state index is 4.61. The van der Waals surface area contributed by atoms with Gasteiger partial charge >= 0.3 is 0 Å². The summed E-state index contributed by atoms with van der Waals surface area (Å²) in [5.74, 6) is 0. The van der Waals surface area contributed by atoms with Gasteiger partial charge in [0.1, 0.15) is 0 Å². The average molecular weight is 299 g/mol. The molecule has 0 bridgehead atoms. The van der Waals surface area contributed by atoms with E-state index in [-0.39, 0.29) is 0 Å². The second kappa shape index (κ2) is 5.34. The highest BCUT2D eigenvalue weighted by Crippen LogP contribution is 2.36. The smallest absolute Gasteiger partial charge is 0.0736 e. The second-order valence-corrected chi connectivity index (χ2v) is 6.66. The van der Waals surface area contributed by atoms with Gasteiger partial charge in [-0.25, -0.2) is 0 Å². The van der Waals surface area contributed by atoms with Crippen LogP contribution in [0.5, 0.6) is 0 Å². The van der Waals surface area contributed by atoms with Crippen LogP contribution in [-0.2, 0) is 12.8 Å². The molecule has 1 heterocycles. The van der Waals surface area contributed by atoms with E-state index in [1.807, 2.05) is 12.3 Å². The lowest BCUT2D eigenvalue weighted by Gasteiger charge is -2.20. The van der Waals surface area contributed by atoms with Gasteiger partial charge in [-0.2, -0.15) is 0 Å². The quantitative estimate of drug-likeness (QED) is 0.583. The summed E-state index contributed by atoms with van der Waals surface area (Å²) in [4.78, 5) is 4.61. The summed E-state index contributed by atoms with van der Waals surface area (Å²) in [5, 5.41) is 0. The summed E-state index contributed by atoms with van der Waals surface area (Å²) < 4.78 is 0. The summed E-state index contributed by atoms with van der Waals surface area (Å²) in [6, 6.07) is 15.7. The minimum absolute atomic E-state index is 1.09. The first-order valence-corrected chi connectivity index (χ1v) is 8.29. The summed E-state index contributed by atoms with van der Waals surface area (Å²) in [6.07, 6.45) is 4.09. The number of aryl methyl sites for hydroxylation is 5. The number of pyridine rings is 1. The molecule has 0 radical (unpaired) electrons. The van der Waals surface area contributed by atoms with Gasteiger partial charge in [0.25, 0.3) is 0 Å². The molecule has 2 aromatic carbocycles. The van der Waals surface area contributed by atoms with Crippen LogP contribution in [0.25, 0.3) is 22.4 Å². The highest BCUT2D eigenvalue weighted by atomic mass is 14.7. The zero-order chi connectivity index (χ0) is 16.0. The Bertz CT molecular complexity index is 883. The van der Waals surface area contributed by atoms with Gasteiger partial charge in [-0.15, -0.1) is 0 Å². The highest BCUT2D eigenvalue weighted by Gasteiger charge is 2.18. The van der Waals surface area contributed by atoms with E-state index in [1.54, 1.807) is 0 Å².